The van der Waals surface area contributed by atoms with Crippen LogP contribution in [0.25, 0.3) is 0 Å². The predicted octanol–water partition coefficient (Wildman–Crippen LogP) is -0.0914. The molecule has 138 valence electrons. The summed E-state index contributed by atoms with van der Waals surface area (Å²) in [7, 11) is 1.32. The first-order valence-electron chi connectivity index (χ1n) is 8.29. The largest absolute Gasteiger partial charge is 0.395 e. The fraction of sp³-hybridized carbons (Fsp3) is 0.750. The van der Waals surface area contributed by atoms with Crippen molar-refractivity contribution in [2.75, 3.05) is 13.7 Å². The van der Waals surface area contributed by atoms with Gasteiger partial charge in [0.15, 0.2) is 0 Å². The van der Waals surface area contributed by atoms with Gasteiger partial charge in [0.05, 0.1) is 24.8 Å². The molecule has 0 aliphatic carbocycles. The van der Waals surface area contributed by atoms with Gasteiger partial charge in [0, 0.05) is 13.3 Å². The van der Waals surface area contributed by atoms with Gasteiger partial charge in [-0.15, -0.1) is 0 Å². The molecular weight excluding hydrogens is 316 g/mol. The molecule has 2 unspecified atom stereocenters. The number of aromatic amines is 1. The third kappa shape index (κ3) is 5.55. The van der Waals surface area contributed by atoms with E-state index in [1.165, 1.54) is 13.3 Å². The van der Waals surface area contributed by atoms with Crippen LogP contribution in [0.15, 0.2) is 15.8 Å². The maximum absolute atomic E-state index is 12.0. The van der Waals surface area contributed by atoms with Crippen molar-refractivity contribution >= 4 is 0 Å². The third-order valence-corrected chi connectivity index (χ3v) is 4.00. The lowest BCUT2D eigenvalue weighted by Gasteiger charge is -2.25. The Morgan fingerprint density at radius 2 is 1.96 bits per heavy atom. The normalized spacial score (nSPS) is 15.2. The van der Waals surface area contributed by atoms with Crippen LogP contribution in [0.4, 0.5) is 0 Å². The van der Waals surface area contributed by atoms with Crippen LogP contribution in [0, 0.1) is 0 Å². The Bertz CT molecular complexity index is 597. The molecule has 0 aliphatic heterocycles. The molecule has 1 rings (SSSR count). The highest BCUT2D eigenvalue weighted by Crippen LogP contribution is 2.22. The fourth-order valence-corrected chi connectivity index (χ4v) is 2.61. The Kier molecular flexibility index (Phi) is 8.91. The lowest BCUT2D eigenvalue weighted by atomic mass is 9.98. The number of aliphatic hydroxyl groups is 3. The van der Waals surface area contributed by atoms with Crippen molar-refractivity contribution in [3.8, 4) is 0 Å². The second-order valence-electron chi connectivity index (χ2n) is 5.82. The van der Waals surface area contributed by atoms with E-state index in [0.717, 1.165) is 30.3 Å². The van der Waals surface area contributed by atoms with Crippen molar-refractivity contribution in [1.82, 2.24) is 9.55 Å². The van der Waals surface area contributed by atoms with E-state index >= 15 is 0 Å². The molecular formula is C16H28N2O6. The number of unbranched alkanes of at least 4 members (excludes halogenated alkanes) is 3. The molecule has 0 saturated carbocycles. The molecule has 0 fully saturated rings. The molecule has 4 N–H and O–H groups in total. The Labute approximate surface area is 140 Å². The lowest BCUT2D eigenvalue weighted by molar-refractivity contribution is -0.0807. The van der Waals surface area contributed by atoms with Crippen LogP contribution in [0.2, 0.25) is 0 Å². The Hall–Kier alpha value is -1.48. The highest BCUT2D eigenvalue weighted by atomic mass is 16.5. The van der Waals surface area contributed by atoms with Crippen molar-refractivity contribution in [3.63, 3.8) is 0 Å². The van der Waals surface area contributed by atoms with Gasteiger partial charge in [0.1, 0.15) is 12.2 Å². The Balaban J connectivity index is 2.93. The van der Waals surface area contributed by atoms with Gasteiger partial charge in [-0.1, -0.05) is 32.6 Å². The van der Waals surface area contributed by atoms with Crippen LogP contribution in [0.5, 0.6) is 0 Å². The number of hydrogen-bond acceptors (Lipinski definition) is 6. The maximum atomic E-state index is 12.0. The second-order valence-corrected chi connectivity index (χ2v) is 5.82. The first-order chi connectivity index (χ1) is 11.5. The summed E-state index contributed by atoms with van der Waals surface area (Å²) in [6, 6.07) is 0. The SMILES string of the molecule is CCCCCCC(O)[C@@H](O)C(OC)c1cn(CCO)c(=O)[nH]c1=O. The molecule has 3 atom stereocenters. The number of aromatic nitrogens is 2. The van der Waals surface area contributed by atoms with E-state index in [1.807, 2.05) is 0 Å². The summed E-state index contributed by atoms with van der Waals surface area (Å²) in [6.07, 6.45) is 2.10. The first-order valence-corrected chi connectivity index (χ1v) is 8.29. The van der Waals surface area contributed by atoms with Gasteiger partial charge in [-0.2, -0.15) is 0 Å². The summed E-state index contributed by atoms with van der Waals surface area (Å²) in [4.78, 5) is 25.8. The highest BCUT2D eigenvalue weighted by molar-refractivity contribution is 5.11. The van der Waals surface area contributed by atoms with Crippen molar-refractivity contribution < 1.29 is 20.1 Å². The van der Waals surface area contributed by atoms with E-state index in [9.17, 15) is 19.8 Å². The second kappa shape index (κ2) is 10.4. The Morgan fingerprint density at radius 1 is 1.25 bits per heavy atom. The van der Waals surface area contributed by atoms with E-state index in [0.29, 0.717) is 6.42 Å². The van der Waals surface area contributed by atoms with Crippen LogP contribution < -0.4 is 11.2 Å². The molecule has 0 spiro atoms. The van der Waals surface area contributed by atoms with E-state index in [2.05, 4.69) is 11.9 Å². The minimum absolute atomic E-state index is 0.00865. The monoisotopic (exact) mass is 344 g/mol. The maximum Gasteiger partial charge on any atom is 0.328 e. The minimum atomic E-state index is -1.29. The molecule has 24 heavy (non-hydrogen) atoms. The zero-order chi connectivity index (χ0) is 18.1. The van der Waals surface area contributed by atoms with Gasteiger partial charge in [-0.25, -0.2) is 4.79 Å². The summed E-state index contributed by atoms with van der Waals surface area (Å²) in [5.74, 6) is 0. The van der Waals surface area contributed by atoms with E-state index in [-0.39, 0.29) is 18.7 Å². The lowest BCUT2D eigenvalue weighted by Crippen LogP contribution is -2.39. The summed E-state index contributed by atoms with van der Waals surface area (Å²) in [5.41, 5.74) is -1.30. The molecule has 0 aromatic carbocycles. The van der Waals surface area contributed by atoms with E-state index in [4.69, 9.17) is 9.84 Å². The molecule has 0 amide bonds. The number of nitrogens with zero attached hydrogens (tertiary/aromatic N) is 1. The summed E-state index contributed by atoms with van der Waals surface area (Å²) >= 11 is 0. The van der Waals surface area contributed by atoms with Crippen molar-refractivity contribution in [1.29, 1.82) is 0 Å². The zero-order valence-electron chi connectivity index (χ0n) is 14.3. The summed E-state index contributed by atoms with van der Waals surface area (Å²) in [5, 5.41) is 29.5. The van der Waals surface area contributed by atoms with Gasteiger partial charge >= 0.3 is 5.69 Å². The number of nitrogens with one attached hydrogen (secondary N) is 1. The number of rotatable bonds is 11. The molecule has 1 aromatic rings. The highest BCUT2D eigenvalue weighted by Gasteiger charge is 2.30. The number of aliphatic hydroxyl groups excluding tert-OH is 3. The summed E-state index contributed by atoms with van der Waals surface area (Å²) in [6.45, 7) is 1.82. The Morgan fingerprint density at radius 3 is 2.54 bits per heavy atom. The van der Waals surface area contributed by atoms with Gasteiger partial charge in [0.25, 0.3) is 5.56 Å². The van der Waals surface area contributed by atoms with Crippen LogP contribution in [-0.4, -0.2) is 50.8 Å². The molecule has 0 radical (unpaired) electrons. The molecule has 0 saturated heterocycles. The quantitative estimate of drug-likeness (QED) is 0.416. The molecule has 1 heterocycles. The smallest absolute Gasteiger partial charge is 0.328 e. The average molecular weight is 344 g/mol. The van der Waals surface area contributed by atoms with E-state index < -0.39 is 29.6 Å². The molecule has 0 aliphatic rings. The zero-order valence-corrected chi connectivity index (χ0v) is 14.3. The number of H-pyrrole nitrogens is 1. The third-order valence-electron chi connectivity index (χ3n) is 4.00. The van der Waals surface area contributed by atoms with Crippen molar-refractivity contribution in [3.05, 3.63) is 32.6 Å². The predicted molar refractivity (Wildman–Crippen MR) is 88.9 cm³/mol. The van der Waals surface area contributed by atoms with Crippen molar-refractivity contribution in [2.24, 2.45) is 0 Å². The van der Waals surface area contributed by atoms with Crippen LogP contribution in [0.1, 0.15) is 50.7 Å². The first kappa shape index (κ1) is 20.6. The molecule has 8 heteroatoms. The molecule has 8 nitrogen and oxygen atoms in total. The topological polar surface area (TPSA) is 125 Å². The van der Waals surface area contributed by atoms with E-state index in [1.54, 1.807) is 0 Å². The van der Waals surface area contributed by atoms with Crippen molar-refractivity contribution in [2.45, 2.75) is 63.9 Å². The van der Waals surface area contributed by atoms with Crippen LogP contribution >= 0.6 is 0 Å². The number of ether oxygens (including phenoxy) is 1. The minimum Gasteiger partial charge on any atom is -0.395 e. The fourth-order valence-electron chi connectivity index (χ4n) is 2.61. The van der Waals surface area contributed by atoms with Crippen LogP contribution in [0.3, 0.4) is 0 Å². The summed E-state index contributed by atoms with van der Waals surface area (Å²) < 4.78 is 6.32. The standard InChI is InChI=1S/C16H28N2O6/c1-3-4-5-6-7-12(20)13(21)14(24-2)11-10-18(8-9-19)16(23)17-15(11)22/h10,12-14,19-21H,3-9H2,1-2H3,(H,17,22,23)/t12?,13-,14?/m1/s1. The average Bonchev–Trinajstić information content (AvgIpc) is 2.56. The number of methoxy groups -OCH3 is 1. The van der Waals surface area contributed by atoms with Gasteiger partial charge in [-0.3, -0.25) is 14.3 Å². The molecule has 1 aromatic heterocycles. The van der Waals surface area contributed by atoms with Crippen LogP contribution in [-0.2, 0) is 11.3 Å². The van der Waals surface area contributed by atoms with Gasteiger partial charge in [-0.05, 0) is 6.42 Å². The van der Waals surface area contributed by atoms with Gasteiger partial charge < -0.3 is 20.1 Å². The number of hydrogen-bond donors (Lipinski definition) is 4. The van der Waals surface area contributed by atoms with Gasteiger partial charge in [0.2, 0.25) is 0 Å². The molecule has 0 bridgehead atoms.